The van der Waals surface area contributed by atoms with Crippen LogP contribution in [-0.4, -0.2) is 0 Å². The second kappa shape index (κ2) is 2.19. The fourth-order valence-corrected chi connectivity index (χ4v) is 1.57. The van der Waals surface area contributed by atoms with Gasteiger partial charge in [0.05, 0.1) is 0 Å². The molecule has 10 heavy (non-hydrogen) atoms. The van der Waals surface area contributed by atoms with Crippen molar-refractivity contribution in [1.29, 1.82) is 0 Å². The number of rotatable bonds is 0. The Morgan fingerprint density at radius 3 is 2.80 bits per heavy atom. The van der Waals surface area contributed by atoms with Crippen LogP contribution in [0.15, 0.2) is 29.6 Å². The molecule has 2 rings (SSSR count). The van der Waals surface area contributed by atoms with E-state index in [0.29, 0.717) is 0 Å². The first-order valence-corrected chi connectivity index (χ1v) is 3.69. The van der Waals surface area contributed by atoms with Crippen molar-refractivity contribution in [2.45, 2.75) is 0 Å². The van der Waals surface area contributed by atoms with Crippen LogP contribution in [0.4, 0.5) is 0 Å². The van der Waals surface area contributed by atoms with Crippen LogP contribution in [0.2, 0.25) is 0 Å². The fourth-order valence-electron chi connectivity index (χ4n) is 0.845. The van der Waals surface area contributed by atoms with Crippen molar-refractivity contribution in [2.24, 2.45) is 0 Å². The molecule has 0 amide bonds. The van der Waals surface area contributed by atoms with Gasteiger partial charge < -0.3 is 0 Å². The van der Waals surface area contributed by atoms with E-state index < -0.39 is 0 Å². The molecule has 0 unspecified atom stereocenters. The summed E-state index contributed by atoms with van der Waals surface area (Å²) in [7, 11) is 0. The molecule has 2 aromatic rings. The third-order valence-electron chi connectivity index (χ3n) is 1.29. The Hall–Kier alpha value is -1.82. The first-order chi connectivity index (χ1) is 4.47. The van der Waals surface area contributed by atoms with Crippen LogP contribution in [0.25, 0.3) is 10.1 Å². The van der Waals surface area contributed by atoms with Gasteiger partial charge in [-0.1, -0.05) is 16.1 Å². The van der Waals surface area contributed by atoms with Crippen molar-refractivity contribution in [2.75, 3.05) is 0 Å². The monoisotopic (exact) mass is 400 g/mol. The summed E-state index contributed by atoms with van der Waals surface area (Å²) in [5.74, 6) is 0. The Balaban J connectivity index is 0.000000500. The van der Waals surface area contributed by atoms with Crippen LogP contribution in [-0.2, 0) is 0 Å². The van der Waals surface area contributed by atoms with Gasteiger partial charge in [0.1, 0.15) is 0 Å². The van der Waals surface area contributed by atoms with E-state index >= 15 is 0 Å². The number of hydrogen-bond donors (Lipinski definition) is 0. The summed E-state index contributed by atoms with van der Waals surface area (Å²) in [6, 6.07) is 11.4. The van der Waals surface area contributed by atoms with Crippen LogP contribution in [0, 0.1) is 6.07 Å². The Labute approximate surface area is 57.8 Å². The van der Waals surface area contributed by atoms with E-state index in [1.54, 1.807) is 11.3 Å². The zero-order valence-corrected chi connectivity index (χ0v) is 12.7. The molecule has 0 saturated carbocycles. The number of fused-ring (bicyclic) bond motifs is 1. The molecule has 1 heterocycles. The molecule has 0 spiro atoms. The summed E-state index contributed by atoms with van der Waals surface area (Å²) in [6.07, 6.45) is 0. The minimum atomic E-state index is 0. The average molecular weight is 400 g/mol. The van der Waals surface area contributed by atoms with E-state index in [4.69, 9.17) is 0 Å². The number of benzene rings is 1. The van der Waals surface area contributed by atoms with E-state index in [1.807, 2.05) is 17.5 Å². The normalized spacial score (nSPS) is 9.20. The molecule has 0 fully saturated rings. The molecule has 0 atom stereocenters. The van der Waals surface area contributed by atoms with Crippen molar-refractivity contribution < 1.29 is 0 Å². The second-order valence-corrected chi connectivity index (χ2v) is 2.79. The maximum atomic E-state index is 3.14. The minimum Gasteiger partial charge on any atom is -0.226 e. The molecular formula is C8H5RfS-. The van der Waals surface area contributed by atoms with Crippen molar-refractivity contribution in [3.63, 3.8) is 0 Å². The smallest absolute Gasteiger partial charge is 0 e. The molecule has 46 valence electrons. The number of hydrogen-bond acceptors (Lipinski definition) is 1. The molecule has 0 saturated heterocycles. The molecule has 0 bridgehead atoms. The standard InChI is InChI=1S/C8H5S.Rf/c1-2-4-8-7(3-1)5-6-9-8;/h1-4,6H;/q-1;. The van der Waals surface area contributed by atoms with Gasteiger partial charge in [-0.2, -0.15) is 17.5 Å². The molecular weight excluding hydrogens is 395 g/mol. The molecule has 2 heteroatoms. The summed E-state index contributed by atoms with van der Waals surface area (Å²) in [5, 5.41) is 3.22. The molecule has 1 aromatic heterocycles. The van der Waals surface area contributed by atoms with Crippen molar-refractivity contribution in [1.82, 2.24) is 0 Å². The van der Waals surface area contributed by atoms with Gasteiger partial charge in [-0.05, 0) is 0 Å². The Morgan fingerprint density at radius 1 is 1.20 bits per heavy atom. The van der Waals surface area contributed by atoms with Gasteiger partial charge in [0, 0.05) is 0 Å². The SMILES string of the molecule is [Rf].[c-]1csc2ccccc12. The molecule has 0 radical (unpaired) electrons. The molecule has 0 aliphatic heterocycles. The van der Waals surface area contributed by atoms with Crippen molar-refractivity contribution in [3.05, 3.63) is 35.7 Å². The van der Waals surface area contributed by atoms with Crippen molar-refractivity contribution >= 4 is 21.4 Å². The average Bonchev–Trinajstić information content (AvgIpc) is 2.33. The summed E-state index contributed by atoms with van der Waals surface area (Å²) in [6.45, 7) is 0. The van der Waals surface area contributed by atoms with Gasteiger partial charge >= 0.3 is 0 Å². The Bertz CT molecular complexity index is 283. The molecule has 0 N–H and O–H groups in total. The van der Waals surface area contributed by atoms with Crippen molar-refractivity contribution in [3.8, 4) is 0 Å². The Morgan fingerprint density at radius 2 is 2.00 bits per heavy atom. The molecule has 1 aromatic carbocycles. The first kappa shape index (κ1) is 6.30. The largest absolute Gasteiger partial charge is 0.226 e. The van der Waals surface area contributed by atoms with Gasteiger partial charge in [0.15, 0.2) is 0 Å². The van der Waals surface area contributed by atoms with E-state index in [1.165, 1.54) is 10.1 Å². The minimum absolute atomic E-state index is 0. The molecule has 0 aliphatic carbocycles. The Kier molecular flexibility index (Phi) is 1.38. The van der Waals surface area contributed by atoms with Gasteiger partial charge in [0.25, 0.3) is 0 Å². The number of thiophene rings is 1. The van der Waals surface area contributed by atoms with Crippen LogP contribution < -0.4 is 0 Å². The molecule has 0 nitrogen and oxygen atoms in total. The predicted molar refractivity (Wildman–Crippen MR) is 40.7 cm³/mol. The van der Waals surface area contributed by atoms with Crippen LogP contribution in [0.5, 0.6) is 0 Å². The zero-order chi connectivity index (χ0) is 6.10. The third-order valence-corrected chi connectivity index (χ3v) is 2.13. The van der Waals surface area contributed by atoms with Gasteiger partial charge in [0.2, 0.25) is 0 Å². The quantitative estimate of drug-likeness (QED) is 0.597. The molecule has 0 aliphatic rings. The van der Waals surface area contributed by atoms with E-state index in [-0.39, 0.29) is 0 Å². The van der Waals surface area contributed by atoms with Gasteiger partial charge in [-0.25, -0.2) is 11.3 Å². The van der Waals surface area contributed by atoms with Crippen LogP contribution in [0.1, 0.15) is 0 Å². The first-order valence-electron chi connectivity index (χ1n) is 2.81. The van der Waals surface area contributed by atoms with E-state index in [0.717, 1.165) is 0 Å². The predicted octanol–water partition coefficient (Wildman–Crippen LogP) is 2.70. The van der Waals surface area contributed by atoms with E-state index in [9.17, 15) is 0 Å². The maximum absolute atomic E-state index is 3.14. The summed E-state index contributed by atoms with van der Waals surface area (Å²) >= 11 is 1.73. The topological polar surface area (TPSA) is 0 Å². The van der Waals surface area contributed by atoms with Gasteiger partial charge in [-0.3, -0.25) is 0 Å². The summed E-state index contributed by atoms with van der Waals surface area (Å²) < 4.78 is 1.32. The zero-order valence-electron chi connectivity index (χ0n) is 5.50. The van der Waals surface area contributed by atoms with Crippen LogP contribution >= 0.6 is 11.3 Å². The summed E-state index contributed by atoms with van der Waals surface area (Å²) in [4.78, 5) is 0. The summed E-state index contributed by atoms with van der Waals surface area (Å²) in [5.41, 5.74) is 0. The van der Waals surface area contributed by atoms with E-state index in [2.05, 4.69) is 18.2 Å². The van der Waals surface area contributed by atoms with Crippen LogP contribution in [0.3, 0.4) is 0 Å². The fraction of sp³-hybridized carbons (Fsp3) is 0. The maximum Gasteiger partial charge on any atom is 0 e. The second-order valence-electron chi connectivity index (χ2n) is 1.88. The third kappa shape index (κ3) is 0.720. The van der Waals surface area contributed by atoms with Gasteiger partial charge in [-0.15, -0.1) is 12.1 Å².